The van der Waals surface area contributed by atoms with Gasteiger partial charge in [-0.05, 0) is 31.2 Å². The van der Waals surface area contributed by atoms with Gasteiger partial charge >= 0.3 is 0 Å². The SMILES string of the molecule is COc1ccc(-c2nc(C)cc(Cl)n2)cc1Cl. The Kier molecular flexibility index (Phi) is 3.50. The monoisotopic (exact) mass is 268 g/mol. The second-order valence-corrected chi connectivity index (χ2v) is 4.30. The third kappa shape index (κ3) is 2.68. The Morgan fingerprint density at radius 1 is 1.12 bits per heavy atom. The van der Waals surface area contributed by atoms with E-state index in [0.717, 1.165) is 11.3 Å². The average molecular weight is 269 g/mol. The molecule has 0 aliphatic carbocycles. The Morgan fingerprint density at radius 2 is 1.88 bits per heavy atom. The molecule has 0 spiro atoms. The highest BCUT2D eigenvalue weighted by Gasteiger charge is 2.07. The van der Waals surface area contributed by atoms with Crippen molar-refractivity contribution < 1.29 is 4.74 Å². The third-order valence-corrected chi connectivity index (χ3v) is 2.72. The van der Waals surface area contributed by atoms with Gasteiger partial charge in [-0.2, -0.15) is 0 Å². The molecule has 0 radical (unpaired) electrons. The number of aryl methyl sites for hydroxylation is 1. The molecule has 0 bridgehead atoms. The number of hydrogen-bond acceptors (Lipinski definition) is 3. The Hall–Kier alpha value is -1.32. The van der Waals surface area contributed by atoms with Crippen LogP contribution in [0.3, 0.4) is 0 Å². The first kappa shape index (κ1) is 12.1. The van der Waals surface area contributed by atoms with Crippen LogP contribution in [0.25, 0.3) is 11.4 Å². The molecule has 0 aliphatic heterocycles. The molecule has 0 saturated heterocycles. The van der Waals surface area contributed by atoms with Crippen LogP contribution >= 0.6 is 23.2 Å². The molecule has 0 unspecified atom stereocenters. The fourth-order valence-electron chi connectivity index (χ4n) is 1.46. The lowest BCUT2D eigenvalue weighted by Crippen LogP contribution is -1.93. The molecule has 1 aromatic carbocycles. The topological polar surface area (TPSA) is 35.0 Å². The lowest BCUT2D eigenvalue weighted by atomic mass is 10.2. The van der Waals surface area contributed by atoms with Crippen molar-refractivity contribution in [1.29, 1.82) is 0 Å². The molecule has 1 heterocycles. The number of hydrogen-bond donors (Lipinski definition) is 0. The highest BCUT2D eigenvalue weighted by atomic mass is 35.5. The van der Waals surface area contributed by atoms with Crippen LogP contribution in [0.1, 0.15) is 5.69 Å². The van der Waals surface area contributed by atoms with Gasteiger partial charge in [0.25, 0.3) is 0 Å². The van der Waals surface area contributed by atoms with Crippen LogP contribution in [0.5, 0.6) is 5.75 Å². The minimum absolute atomic E-state index is 0.416. The summed E-state index contributed by atoms with van der Waals surface area (Å²) in [4.78, 5) is 8.46. The summed E-state index contributed by atoms with van der Waals surface area (Å²) in [6.07, 6.45) is 0. The summed E-state index contributed by atoms with van der Waals surface area (Å²) in [6.45, 7) is 1.86. The van der Waals surface area contributed by atoms with Crippen molar-refractivity contribution in [3.05, 3.63) is 40.1 Å². The molecule has 88 valence electrons. The zero-order chi connectivity index (χ0) is 12.4. The predicted molar refractivity (Wildman–Crippen MR) is 68.8 cm³/mol. The first-order valence-corrected chi connectivity index (χ1v) is 5.71. The zero-order valence-corrected chi connectivity index (χ0v) is 10.9. The van der Waals surface area contributed by atoms with Gasteiger partial charge in [0.2, 0.25) is 0 Å². The van der Waals surface area contributed by atoms with E-state index in [-0.39, 0.29) is 0 Å². The molecule has 0 aliphatic rings. The van der Waals surface area contributed by atoms with Gasteiger partial charge in [-0.25, -0.2) is 9.97 Å². The van der Waals surface area contributed by atoms with E-state index in [1.165, 1.54) is 0 Å². The maximum atomic E-state index is 6.05. The predicted octanol–water partition coefficient (Wildman–Crippen LogP) is 3.77. The van der Waals surface area contributed by atoms with Gasteiger partial charge in [0.05, 0.1) is 12.1 Å². The van der Waals surface area contributed by atoms with Crippen molar-refractivity contribution >= 4 is 23.2 Å². The van der Waals surface area contributed by atoms with E-state index in [1.807, 2.05) is 13.0 Å². The highest BCUT2D eigenvalue weighted by Crippen LogP contribution is 2.29. The van der Waals surface area contributed by atoms with Crippen molar-refractivity contribution in [2.24, 2.45) is 0 Å². The van der Waals surface area contributed by atoms with Crippen LogP contribution in [0.2, 0.25) is 10.2 Å². The average Bonchev–Trinajstić information content (AvgIpc) is 2.27. The van der Waals surface area contributed by atoms with Gasteiger partial charge in [-0.15, -0.1) is 0 Å². The van der Waals surface area contributed by atoms with Gasteiger partial charge in [-0.3, -0.25) is 0 Å². The number of methoxy groups -OCH3 is 1. The number of rotatable bonds is 2. The number of ether oxygens (including phenoxy) is 1. The summed E-state index contributed by atoms with van der Waals surface area (Å²) in [5.74, 6) is 1.17. The van der Waals surface area contributed by atoms with Crippen LogP contribution in [0.15, 0.2) is 24.3 Å². The summed E-state index contributed by atoms with van der Waals surface area (Å²) in [5.41, 5.74) is 1.62. The van der Waals surface area contributed by atoms with Gasteiger partial charge in [0, 0.05) is 11.3 Å². The van der Waals surface area contributed by atoms with E-state index in [4.69, 9.17) is 27.9 Å². The summed E-state index contributed by atoms with van der Waals surface area (Å²) >= 11 is 11.9. The summed E-state index contributed by atoms with van der Waals surface area (Å²) < 4.78 is 5.08. The van der Waals surface area contributed by atoms with Crippen molar-refractivity contribution in [2.45, 2.75) is 6.92 Å². The van der Waals surface area contributed by atoms with Gasteiger partial charge in [0.1, 0.15) is 10.9 Å². The largest absolute Gasteiger partial charge is 0.495 e. The molecule has 0 N–H and O–H groups in total. The van der Waals surface area contributed by atoms with E-state index >= 15 is 0 Å². The van der Waals surface area contributed by atoms with Crippen molar-refractivity contribution in [2.75, 3.05) is 7.11 Å². The maximum absolute atomic E-state index is 6.05. The normalized spacial score (nSPS) is 10.4. The minimum atomic E-state index is 0.416. The minimum Gasteiger partial charge on any atom is -0.495 e. The molecular formula is C12H10Cl2N2O. The molecule has 0 atom stereocenters. The Balaban J connectivity index is 2.49. The standard InChI is InChI=1S/C12H10Cl2N2O/c1-7-5-11(14)16-12(15-7)8-3-4-10(17-2)9(13)6-8/h3-6H,1-2H3. The Bertz CT molecular complexity index is 538. The van der Waals surface area contributed by atoms with Gasteiger partial charge in [0.15, 0.2) is 5.82 Å². The van der Waals surface area contributed by atoms with Gasteiger partial charge in [-0.1, -0.05) is 23.2 Å². The number of halogens is 2. The van der Waals surface area contributed by atoms with E-state index < -0.39 is 0 Å². The molecule has 0 amide bonds. The molecular weight excluding hydrogens is 259 g/mol. The second-order valence-electron chi connectivity index (χ2n) is 3.50. The number of aromatic nitrogens is 2. The molecule has 3 nitrogen and oxygen atoms in total. The molecule has 17 heavy (non-hydrogen) atoms. The quantitative estimate of drug-likeness (QED) is 0.778. The summed E-state index contributed by atoms with van der Waals surface area (Å²) in [5, 5.41) is 0.936. The van der Waals surface area contributed by atoms with Gasteiger partial charge < -0.3 is 4.74 Å². The summed E-state index contributed by atoms with van der Waals surface area (Å²) in [7, 11) is 1.57. The first-order valence-electron chi connectivity index (χ1n) is 4.95. The molecule has 2 aromatic rings. The Morgan fingerprint density at radius 3 is 2.47 bits per heavy atom. The fraction of sp³-hybridized carbons (Fsp3) is 0.167. The number of nitrogens with zero attached hydrogens (tertiary/aromatic N) is 2. The zero-order valence-electron chi connectivity index (χ0n) is 9.37. The summed E-state index contributed by atoms with van der Waals surface area (Å²) in [6, 6.07) is 7.08. The number of benzene rings is 1. The smallest absolute Gasteiger partial charge is 0.161 e. The van der Waals surface area contributed by atoms with Crippen molar-refractivity contribution in [3.63, 3.8) is 0 Å². The highest BCUT2D eigenvalue weighted by molar-refractivity contribution is 6.32. The lowest BCUT2D eigenvalue weighted by molar-refractivity contribution is 0.415. The second kappa shape index (κ2) is 4.90. The fourth-order valence-corrected chi connectivity index (χ4v) is 1.96. The van der Waals surface area contributed by atoms with E-state index in [2.05, 4.69) is 9.97 Å². The molecule has 0 saturated carbocycles. The van der Waals surface area contributed by atoms with E-state index in [1.54, 1.807) is 25.3 Å². The van der Waals surface area contributed by atoms with Crippen LogP contribution in [0, 0.1) is 6.92 Å². The maximum Gasteiger partial charge on any atom is 0.161 e. The third-order valence-electron chi connectivity index (χ3n) is 2.23. The van der Waals surface area contributed by atoms with E-state index in [0.29, 0.717) is 21.7 Å². The Labute approximate surface area is 109 Å². The lowest BCUT2D eigenvalue weighted by Gasteiger charge is -2.06. The van der Waals surface area contributed by atoms with Crippen molar-refractivity contribution in [1.82, 2.24) is 9.97 Å². The molecule has 2 rings (SSSR count). The van der Waals surface area contributed by atoms with Crippen LogP contribution < -0.4 is 4.74 Å². The van der Waals surface area contributed by atoms with Crippen LogP contribution in [-0.4, -0.2) is 17.1 Å². The van der Waals surface area contributed by atoms with Crippen LogP contribution in [0.4, 0.5) is 0 Å². The molecule has 5 heteroatoms. The molecule has 1 aromatic heterocycles. The van der Waals surface area contributed by atoms with E-state index in [9.17, 15) is 0 Å². The first-order chi connectivity index (χ1) is 8.10. The van der Waals surface area contributed by atoms with Crippen LogP contribution in [-0.2, 0) is 0 Å². The van der Waals surface area contributed by atoms with Crippen molar-refractivity contribution in [3.8, 4) is 17.1 Å². The molecule has 0 fully saturated rings.